The average Bonchev–Trinajstić information content (AvgIpc) is 1.68. The van der Waals surface area contributed by atoms with Gasteiger partial charge in [-0.3, -0.25) is 9.59 Å². The molecule has 0 aliphatic carbocycles. The van der Waals surface area contributed by atoms with Crippen molar-refractivity contribution in [2.45, 2.75) is 6.92 Å². The number of carbonyl (C=O) groups excluding carboxylic acids is 2. The lowest BCUT2D eigenvalue weighted by Crippen LogP contribution is -1.82. The van der Waals surface area contributed by atoms with E-state index in [9.17, 15) is 9.59 Å². The van der Waals surface area contributed by atoms with E-state index in [-0.39, 0.29) is 6.47 Å². The quantitative estimate of drug-likeness (QED) is 0.300. The number of carbonyl (C=O) groups is 2. The molecule has 0 bridgehead atoms. The first-order valence-electron chi connectivity index (χ1n) is 2.03. The van der Waals surface area contributed by atoms with E-state index in [2.05, 4.69) is 4.74 Å². The van der Waals surface area contributed by atoms with Crippen LogP contribution in [0.5, 0.6) is 0 Å². The van der Waals surface area contributed by atoms with Crippen molar-refractivity contribution in [1.82, 2.24) is 0 Å². The maximum atomic E-state index is 9.62. The third-order valence-electron chi connectivity index (χ3n) is 0.537. The monoisotopic (exact) mass is 114 g/mol. The first-order valence-corrected chi connectivity index (χ1v) is 2.03. The van der Waals surface area contributed by atoms with Crippen LogP contribution in [-0.4, -0.2) is 12.8 Å². The van der Waals surface area contributed by atoms with Gasteiger partial charge in [0, 0.05) is 6.08 Å². The second-order valence-corrected chi connectivity index (χ2v) is 1.13. The summed E-state index contributed by atoms with van der Waals surface area (Å²) in [6.45, 7) is 1.79. The maximum absolute atomic E-state index is 9.62. The van der Waals surface area contributed by atoms with Crippen molar-refractivity contribution in [3.8, 4) is 0 Å². The zero-order valence-electron chi connectivity index (χ0n) is 4.46. The first-order chi connectivity index (χ1) is 3.81. The molecule has 0 rings (SSSR count). The van der Waals surface area contributed by atoms with Gasteiger partial charge in [0.2, 0.25) is 0 Å². The fourth-order valence-corrected chi connectivity index (χ4v) is 0.211. The van der Waals surface area contributed by atoms with E-state index in [1.807, 2.05) is 0 Å². The molecule has 44 valence electrons. The van der Waals surface area contributed by atoms with Crippen molar-refractivity contribution in [1.29, 1.82) is 0 Å². The van der Waals surface area contributed by atoms with Crippen molar-refractivity contribution in [3.63, 3.8) is 0 Å². The molecule has 0 spiro atoms. The topological polar surface area (TPSA) is 43.4 Å². The molecule has 3 heteroatoms. The van der Waals surface area contributed by atoms with E-state index in [1.54, 1.807) is 0 Å². The van der Waals surface area contributed by atoms with Crippen LogP contribution in [0.1, 0.15) is 6.92 Å². The summed E-state index contributed by atoms with van der Waals surface area (Å²) in [6, 6.07) is 0. The summed E-state index contributed by atoms with van der Waals surface area (Å²) in [4.78, 5) is 19.1. The normalized spacial score (nSPS) is 10.4. The van der Waals surface area contributed by atoms with Gasteiger partial charge in [-0.25, -0.2) is 0 Å². The van der Waals surface area contributed by atoms with Crippen molar-refractivity contribution >= 4 is 12.8 Å². The van der Waals surface area contributed by atoms with E-state index in [4.69, 9.17) is 0 Å². The molecule has 0 aliphatic rings. The van der Waals surface area contributed by atoms with Crippen LogP contribution >= 0.6 is 0 Å². The molecule has 0 fully saturated rings. The second kappa shape index (κ2) is 4.05. The number of rotatable bonds is 3. The summed E-state index contributed by atoms with van der Waals surface area (Å²) in [7, 11) is 0. The molecule has 0 saturated heterocycles. The van der Waals surface area contributed by atoms with Crippen LogP contribution in [-0.2, 0) is 14.3 Å². The van der Waals surface area contributed by atoms with Crippen molar-refractivity contribution in [2.24, 2.45) is 0 Å². The molecule has 0 N–H and O–H groups in total. The van der Waals surface area contributed by atoms with Gasteiger partial charge in [0.25, 0.3) is 6.47 Å². The zero-order chi connectivity index (χ0) is 6.41. The standard InChI is InChI=1S/C5H6O3/c1-5(2-3-6)8-4-7/h2-4H,1H3/b5-2-. The Morgan fingerprint density at radius 2 is 2.12 bits per heavy atom. The predicted molar refractivity (Wildman–Crippen MR) is 27.0 cm³/mol. The van der Waals surface area contributed by atoms with Gasteiger partial charge in [-0.05, 0) is 6.92 Å². The number of allylic oxidation sites excluding steroid dienone is 2. The fraction of sp³-hybridized carbons (Fsp3) is 0.200. The highest BCUT2D eigenvalue weighted by Gasteiger charge is 1.81. The lowest BCUT2D eigenvalue weighted by molar-refractivity contribution is -0.125. The van der Waals surface area contributed by atoms with Gasteiger partial charge in [0.1, 0.15) is 12.0 Å². The third-order valence-corrected chi connectivity index (χ3v) is 0.537. The minimum absolute atomic E-state index is 0.273. The van der Waals surface area contributed by atoms with Crippen molar-refractivity contribution < 1.29 is 14.3 Å². The van der Waals surface area contributed by atoms with Crippen LogP contribution in [0.2, 0.25) is 0 Å². The van der Waals surface area contributed by atoms with Gasteiger partial charge in [-0.15, -0.1) is 0 Å². The Morgan fingerprint density at radius 1 is 1.50 bits per heavy atom. The Bertz CT molecular complexity index is 115. The Balaban J connectivity index is 3.60. The summed E-state index contributed by atoms with van der Waals surface area (Å²) >= 11 is 0. The van der Waals surface area contributed by atoms with E-state index in [0.29, 0.717) is 12.0 Å². The largest absolute Gasteiger partial charge is 0.433 e. The van der Waals surface area contributed by atoms with E-state index >= 15 is 0 Å². The number of aldehydes is 1. The molecule has 8 heavy (non-hydrogen) atoms. The maximum Gasteiger partial charge on any atom is 0.298 e. The fourth-order valence-electron chi connectivity index (χ4n) is 0.211. The van der Waals surface area contributed by atoms with Gasteiger partial charge < -0.3 is 4.74 Å². The van der Waals surface area contributed by atoms with Crippen LogP contribution in [0.4, 0.5) is 0 Å². The van der Waals surface area contributed by atoms with E-state index in [0.717, 1.165) is 6.08 Å². The molecule has 0 aromatic heterocycles. The Hall–Kier alpha value is -1.12. The Kier molecular flexibility index (Phi) is 3.48. The second-order valence-electron chi connectivity index (χ2n) is 1.13. The van der Waals surface area contributed by atoms with Crippen LogP contribution in [0, 0.1) is 0 Å². The highest BCUT2D eigenvalue weighted by Crippen LogP contribution is 1.87. The Labute approximate surface area is 46.9 Å². The summed E-state index contributed by atoms with van der Waals surface area (Å²) in [5, 5.41) is 0. The Morgan fingerprint density at radius 3 is 2.50 bits per heavy atom. The van der Waals surface area contributed by atoms with Gasteiger partial charge in [-0.1, -0.05) is 0 Å². The van der Waals surface area contributed by atoms with E-state index in [1.165, 1.54) is 6.92 Å². The highest BCUT2D eigenvalue weighted by atomic mass is 16.5. The van der Waals surface area contributed by atoms with Gasteiger partial charge in [-0.2, -0.15) is 0 Å². The van der Waals surface area contributed by atoms with Crippen LogP contribution in [0.3, 0.4) is 0 Å². The lowest BCUT2D eigenvalue weighted by atomic mass is 10.5. The molecule has 0 radical (unpaired) electrons. The highest BCUT2D eigenvalue weighted by molar-refractivity contribution is 5.65. The van der Waals surface area contributed by atoms with Crippen LogP contribution in [0.15, 0.2) is 11.8 Å². The molecule has 0 amide bonds. The smallest absolute Gasteiger partial charge is 0.298 e. The minimum Gasteiger partial charge on any atom is -0.433 e. The van der Waals surface area contributed by atoms with Gasteiger partial charge >= 0.3 is 0 Å². The molecule has 0 unspecified atom stereocenters. The van der Waals surface area contributed by atoms with Crippen LogP contribution < -0.4 is 0 Å². The van der Waals surface area contributed by atoms with E-state index < -0.39 is 0 Å². The van der Waals surface area contributed by atoms with Gasteiger partial charge in [0.15, 0.2) is 0 Å². The third kappa shape index (κ3) is 3.08. The lowest BCUT2D eigenvalue weighted by Gasteiger charge is -1.89. The number of hydrogen-bond acceptors (Lipinski definition) is 3. The molecule has 0 atom stereocenters. The summed E-state index contributed by atoms with van der Waals surface area (Å²) in [5.41, 5.74) is 0. The predicted octanol–water partition coefficient (Wildman–Crippen LogP) is 0.262. The number of ether oxygens (including phenoxy) is 1. The summed E-state index contributed by atoms with van der Waals surface area (Å²) in [5.74, 6) is 0.301. The number of hydrogen-bond donors (Lipinski definition) is 0. The summed E-state index contributed by atoms with van der Waals surface area (Å²) in [6.07, 6.45) is 1.72. The zero-order valence-corrected chi connectivity index (χ0v) is 4.46. The van der Waals surface area contributed by atoms with Crippen molar-refractivity contribution in [3.05, 3.63) is 11.8 Å². The summed E-state index contributed by atoms with van der Waals surface area (Å²) < 4.78 is 4.23. The molecule has 0 aromatic carbocycles. The van der Waals surface area contributed by atoms with Crippen LogP contribution in [0.25, 0.3) is 0 Å². The molecule has 3 nitrogen and oxygen atoms in total. The molecular weight excluding hydrogens is 108 g/mol. The molecule has 0 heterocycles. The first kappa shape index (κ1) is 6.88. The van der Waals surface area contributed by atoms with Gasteiger partial charge in [0.05, 0.1) is 0 Å². The molecule has 0 saturated carbocycles. The SMILES string of the molecule is C/C(=C/C=O)OC=O. The average molecular weight is 114 g/mol. The minimum atomic E-state index is 0.273. The molecule has 0 aliphatic heterocycles. The van der Waals surface area contributed by atoms with Crippen molar-refractivity contribution in [2.75, 3.05) is 0 Å². The molecule has 0 aromatic rings. The molecular formula is C5H6O3.